The predicted octanol–water partition coefficient (Wildman–Crippen LogP) is 3.33. The minimum Gasteiger partial charge on any atom is -0.495 e. The Morgan fingerprint density at radius 3 is 2.62 bits per heavy atom. The van der Waals surface area contributed by atoms with Gasteiger partial charge in [-0.25, -0.2) is 0 Å². The summed E-state index contributed by atoms with van der Waals surface area (Å²) in [6, 6.07) is 7.14. The number of methoxy groups -OCH3 is 1. The number of rotatable bonds is 9. The minimum atomic E-state index is -0.321. The molecule has 1 atom stereocenters. The first-order valence-electron chi connectivity index (χ1n) is 11.1. The number of nitriles is 1. The number of nitrogens with one attached hydrogen (secondary N) is 2. The van der Waals surface area contributed by atoms with Gasteiger partial charge in [-0.05, 0) is 57.5 Å². The van der Waals surface area contributed by atoms with Gasteiger partial charge in [-0.2, -0.15) is 5.26 Å². The van der Waals surface area contributed by atoms with Crippen LogP contribution in [0.2, 0.25) is 5.02 Å². The van der Waals surface area contributed by atoms with Crippen LogP contribution >= 0.6 is 11.6 Å². The molecule has 2 amide bonds. The van der Waals surface area contributed by atoms with Crippen molar-refractivity contribution in [1.29, 1.82) is 5.26 Å². The van der Waals surface area contributed by atoms with Crippen molar-refractivity contribution >= 4 is 34.9 Å². The fourth-order valence-corrected chi connectivity index (χ4v) is 4.21. The van der Waals surface area contributed by atoms with Gasteiger partial charge in [-0.3, -0.25) is 14.5 Å². The van der Waals surface area contributed by atoms with E-state index in [2.05, 4.69) is 16.7 Å². The summed E-state index contributed by atoms with van der Waals surface area (Å²) < 4.78 is 12.9. The molecular formula is C24H30ClN5O4. The molecule has 2 heterocycles. The maximum atomic E-state index is 12.8. The number of aromatic nitrogens is 1. The highest BCUT2D eigenvalue weighted by atomic mass is 35.5. The summed E-state index contributed by atoms with van der Waals surface area (Å²) in [5.41, 5.74) is 2.65. The number of hydrogen-bond acceptors (Lipinski definition) is 6. The van der Waals surface area contributed by atoms with E-state index in [1.165, 1.54) is 7.11 Å². The summed E-state index contributed by atoms with van der Waals surface area (Å²) in [7, 11) is 3.17. The molecule has 1 unspecified atom stereocenters. The number of carbonyl (C=O) groups is 2. The van der Waals surface area contributed by atoms with E-state index in [0.717, 1.165) is 30.7 Å². The SMILES string of the molecule is COc1ccc(Cl)cc1NC(=O)CN(C)CC(=O)Nc1c(C#N)c(C)c(C)n1CC1CCCO1. The van der Waals surface area contributed by atoms with Crippen molar-refractivity contribution < 1.29 is 19.1 Å². The van der Waals surface area contributed by atoms with E-state index in [9.17, 15) is 14.9 Å². The van der Waals surface area contributed by atoms with E-state index >= 15 is 0 Å². The van der Waals surface area contributed by atoms with Crippen LogP contribution in [0.15, 0.2) is 18.2 Å². The first-order valence-corrected chi connectivity index (χ1v) is 11.4. The topological polar surface area (TPSA) is 109 Å². The normalized spacial score (nSPS) is 15.3. The molecule has 1 fully saturated rings. The van der Waals surface area contributed by atoms with Crippen molar-refractivity contribution in [3.05, 3.63) is 40.0 Å². The largest absolute Gasteiger partial charge is 0.495 e. The van der Waals surface area contributed by atoms with Crippen LogP contribution in [-0.2, 0) is 20.9 Å². The van der Waals surface area contributed by atoms with E-state index in [4.69, 9.17) is 21.1 Å². The van der Waals surface area contributed by atoms with Crippen molar-refractivity contribution in [3.63, 3.8) is 0 Å². The van der Waals surface area contributed by atoms with Crippen molar-refractivity contribution in [1.82, 2.24) is 9.47 Å². The zero-order valence-electron chi connectivity index (χ0n) is 19.9. The summed E-state index contributed by atoms with van der Waals surface area (Å²) in [6.45, 7) is 5.04. The zero-order chi connectivity index (χ0) is 24.8. The maximum Gasteiger partial charge on any atom is 0.239 e. The van der Waals surface area contributed by atoms with Crippen LogP contribution in [0, 0.1) is 25.2 Å². The quantitative estimate of drug-likeness (QED) is 0.561. The lowest BCUT2D eigenvalue weighted by molar-refractivity contribution is -0.119. The van der Waals surface area contributed by atoms with Crippen molar-refractivity contribution in [3.8, 4) is 11.8 Å². The average molecular weight is 488 g/mol. The van der Waals surface area contributed by atoms with Gasteiger partial charge in [0.1, 0.15) is 17.6 Å². The number of nitrogens with zero attached hydrogens (tertiary/aromatic N) is 3. The van der Waals surface area contributed by atoms with Crippen LogP contribution in [0.3, 0.4) is 0 Å². The molecule has 182 valence electrons. The monoisotopic (exact) mass is 487 g/mol. The Morgan fingerprint density at radius 1 is 1.29 bits per heavy atom. The summed E-state index contributed by atoms with van der Waals surface area (Å²) in [4.78, 5) is 26.9. The molecule has 0 spiro atoms. The molecule has 0 saturated carbocycles. The standard InChI is InChI=1S/C24H30ClN5O4/c1-15-16(2)30(12-18-6-5-9-34-18)24(19(15)11-26)28-23(32)14-29(3)13-22(31)27-20-10-17(25)7-8-21(20)33-4/h7-8,10,18H,5-6,9,12-14H2,1-4H3,(H,27,31)(H,28,32). The highest BCUT2D eigenvalue weighted by Crippen LogP contribution is 2.29. The van der Waals surface area contributed by atoms with Crippen LogP contribution in [0.5, 0.6) is 5.75 Å². The molecule has 1 aliphatic heterocycles. The third-order valence-corrected chi connectivity index (χ3v) is 6.11. The van der Waals surface area contributed by atoms with E-state index in [0.29, 0.717) is 34.4 Å². The van der Waals surface area contributed by atoms with Gasteiger partial charge in [-0.15, -0.1) is 0 Å². The van der Waals surface area contributed by atoms with Gasteiger partial charge in [0.05, 0.1) is 44.1 Å². The number of likely N-dealkylation sites (N-methyl/N-ethyl adjacent to an activating group) is 1. The van der Waals surface area contributed by atoms with Gasteiger partial charge in [0.2, 0.25) is 11.8 Å². The third-order valence-electron chi connectivity index (χ3n) is 5.87. The van der Waals surface area contributed by atoms with Gasteiger partial charge in [0, 0.05) is 17.3 Å². The lowest BCUT2D eigenvalue weighted by Crippen LogP contribution is -2.36. The van der Waals surface area contributed by atoms with Crippen molar-refractivity contribution in [2.24, 2.45) is 0 Å². The lowest BCUT2D eigenvalue weighted by atomic mass is 10.2. The summed E-state index contributed by atoms with van der Waals surface area (Å²) in [5.74, 6) is 0.319. The van der Waals surface area contributed by atoms with Crippen LogP contribution in [0.25, 0.3) is 0 Å². The number of ether oxygens (including phenoxy) is 2. The smallest absolute Gasteiger partial charge is 0.239 e. The van der Waals surface area contributed by atoms with Gasteiger partial charge < -0.3 is 24.7 Å². The van der Waals surface area contributed by atoms with Gasteiger partial charge in [0.25, 0.3) is 0 Å². The molecule has 0 aliphatic carbocycles. The Morgan fingerprint density at radius 2 is 2.00 bits per heavy atom. The number of benzene rings is 1. The highest BCUT2D eigenvalue weighted by Gasteiger charge is 2.24. The Balaban J connectivity index is 1.64. The number of halogens is 1. The maximum absolute atomic E-state index is 12.8. The molecule has 1 aromatic carbocycles. The summed E-state index contributed by atoms with van der Waals surface area (Å²) >= 11 is 6.01. The van der Waals surface area contributed by atoms with E-state index in [1.54, 1.807) is 30.1 Å². The predicted molar refractivity (Wildman–Crippen MR) is 130 cm³/mol. The molecule has 1 aliphatic rings. The van der Waals surface area contributed by atoms with E-state index in [-0.39, 0.29) is 31.0 Å². The molecule has 2 N–H and O–H groups in total. The molecule has 9 nitrogen and oxygen atoms in total. The Hall–Kier alpha value is -3.06. The van der Waals surface area contributed by atoms with Gasteiger partial charge in [0.15, 0.2) is 0 Å². The molecule has 1 saturated heterocycles. The van der Waals surface area contributed by atoms with Crippen LogP contribution in [0.4, 0.5) is 11.5 Å². The molecule has 3 rings (SSSR count). The second kappa shape index (κ2) is 11.4. The minimum absolute atomic E-state index is 0.0246. The van der Waals surface area contributed by atoms with Crippen LogP contribution < -0.4 is 15.4 Å². The van der Waals surface area contributed by atoms with E-state index in [1.807, 2.05) is 18.4 Å². The fourth-order valence-electron chi connectivity index (χ4n) is 4.04. The Kier molecular flexibility index (Phi) is 8.56. The van der Waals surface area contributed by atoms with Gasteiger partial charge in [-0.1, -0.05) is 11.6 Å². The molecule has 1 aromatic heterocycles. The summed E-state index contributed by atoms with van der Waals surface area (Å²) in [6.07, 6.45) is 2.01. The number of hydrogen-bond donors (Lipinski definition) is 2. The summed E-state index contributed by atoms with van der Waals surface area (Å²) in [5, 5.41) is 15.8. The fraction of sp³-hybridized carbons (Fsp3) is 0.458. The number of amides is 2. The molecule has 10 heteroatoms. The van der Waals surface area contributed by atoms with Crippen LogP contribution in [0.1, 0.15) is 29.7 Å². The lowest BCUT2D eigenvalue weighted by Gasteiger charge is -2.19. The van der Waals surface area contributed by atoms with Crippen molar-refractivity contribution in [2.45, 2.75) is 39.3 Å². The van der Waals surface area contributed by atoms with Gasteiger partial charge >= 0.3 is 0 Å². The average Bonchev–Trinajstić information content (AvgIpc) is 3.36. The molecule has 0 bridgehead atoms. The number of anilines is 2. The third kappa shape index (κ3) is 6.08. The molecule has 2 aromatic rings. The molecular weight excluding hydrogens is 458 g/mol. The second-order valence-corrected chi connectivity index (χ2v) is 8.84. The Labute approximate surface area is 204 Å². The zero-order valence-corrected chi connectivity index (χ0v) is 20.7. The van der Waals surface area contributed by atoms with E-state index < -0.39 is 0 Å². The highest BCUT2D eigenvalue weighted by molar-refractivity contribution is 6.31. The first kappa shape index (κ1) is 25.6. The van der Waals surface area contributed by atoms with Crippen LogP contribution in [-0.4, -0.2) is 61.2 Å². The first-order chi connectivity index (χ1) is 16.2. The number of carbonyl (C=O) groups excluding carboxylic acids is 2. The van der Waals surface area contributed by atoms with Crippen molar-refractivity contribution in [2.75, 3.05) is 44.5 Å². The molecule has 0 radical (unpaired) electrons. The Bertz CT molecular complexity index is 1100. The molecule has 34 heavy (non-hydrogen) atoms. The second-order valence-electron chi connectivity index (χ2n) is 8.40.